The van der Waals surface area contributed by atoms with E-state index in [1.807, 2.05) is 26.0 Å². The molecular weight excluding hydrogens is 344 g/mol. The van der Waals surface area contributed by atoms with Crippen LogP contribution in [0.2, 0.25) is 0 Å². The van der Waals surface area contributed by atoms with Gasteiger partial charge in [0.15, 0.2) is 0 Å². The Hall–Kier alpha value is -0.910. The van der Waals surface area contributed by atoms with Gasteiger partial charge in [-0.1, -0.05) is 32.4 Å². The van der Waals surface area contributed by atoms with E-state index in [1.165, 1.54) is 42.0 Å². The van der Waals surface area contributed by atoms with Gasteiger partial charge in [0.2, 0.25) is 10.0 Å². The normalized spacial score (nSPS) is 33.1. The van der Waals surface area contributed by atoms with Crippen LogP contribution in [0.3, 0.4) is 0 Å². The van der Waals surface area contributed by atoms with Gasteiger partial charge < -0.3 is 5.32 Å². The molecule has 3 aliphatic carbocycles. The average molecular weight is 377 g/mol. The first-order chi connectivity index (χ1) is 12.5. The molecule has 0 heterocycles. The van der Waals surface area contributed by atoms with E-state index in [2.05, 4.69) is 5.32 Å². The second-order valence-corrected chi connectivity index (χ2v) is 10.3. The Kier molecular flexibility index (Phi) is 5.15. The molecule has 1 N–H and O–H groups in total. The Morgan fingerprint density at radius 1 is 1.00 bits per heavy atom. The third-order valence-electron chi connectivity index (χ3n) is 7.26. The van der Waals surface area contributed by atoms with Crippen LogP contribution in [0, 0.1) is 23.7 Å². The summed E-state index contributed by atoms with van der Waals surface area (Å²) in [5.41, 5.74) is 1.18. The molecule has 0 radical (unpaired) electrons. The van der Waals surface area contributed by atoms with Crippen molar-refractivity contribution < 1.29 is 8.42 Å². The molecule has 4 rings (SSSR count). The topological polar surface area (TPSA) is 49.4 Å². The van der Waals surface area contributed by atoms with Gasteiger partial charge in [0, 0.05) is 25.7 Å². The molecule has 3 aliphatic rings. The van der Waals surface area contributed by atoms with Gasteiger partial charge in [0.1, 0.15) is 0 Å². The van der Waals surface area contributed by atoms with E-state index < -0.39 is 10.0 Å². The molecule has 0 spiro atoms. The van der Waals surface area contributed by atoms with Gasteiger partial charge >= 0.3 is 0 Å². The fraction of sp³-hybridized carbons (Fsp3) is 0.714. The molecule has 26 heavy (non-hydrogen) atoms. The molecule has 2 bridgehead atoms. The van der Waals surface area contributed by atoms with Crippen LogP contribution in [0.5, 0.6) is 0 Å². The monoisotopic (exact) mass is 376 g/mol. The highest BCUT2D eigenvalue weighted by atomic mass is 32.2. The lowest BCUT2D eigenvalue weighted by atomic mass is 9.79. The zero-order valence-electron chi connectivity index (χ0n) is 16.0. The molecule has 0 amide bonds. The van der Waals surface area contributed by atoms with Crippen molar-refractivity contribution in [2.75, 3.05) is 13.1 Å². The highest BCUT2D eigenvalue weighted by Gasteiger charge is 2.53. The minimum Gasteiger partial charge on any atom is -0.310 e. The Labute approximate surface area is 158 Å². The van der Waals surface area contributed by atoms with Crippen molar-refractivity contribution in [3.63, 3.8) is 0 Å². The maximum absolute atomic E-state index is 12.6. The molecule has 3 saturated carbocycles. The van der Waals surface area contributed by atoms with Crippen LogP contribution in [-0.4, -0.2) is 31.9 Å². The van der Waals surface area contributed by atoms with Crippen molar-refractivity contribution in [2.24, 2.45) is 23.7 Å². The summed E-state index contributed by atoms with van der Waals surface area (Å²) >= 11 is 0. The summed E-state index contributed by atoms with van der Waals surface area (Å²) in [4.78, 5) is 0.402. The summed E-state index contributed by atoms with van der Waals surface area (Å²) in [5, 5.41) is 3.79. The number of hydrogen-bond acceptors (Lipinski definition) is 3. The predicted octanol–water partition coefficient (Wildman–Crippen LogP) is 3.63. The predicted molar refractivity (Wildman–Crippen MR) is 104 cm³/mol. The quantitative estimate of drug-likeness (QED) is 0.790. The van der Waals surface area contributed by atoms with E-state index in [-0.39, 0.29) is 0 Å². The molecule has 0 saturated heterocycles. The molecule has 0 aliphatic heterocycles. The first-order valence-electron chi connectivity index (χ1n) is 10.4. The number of hydrogen-bond donors (Lipinski definition) is 1. The van der Waals surface area contributed by atoms with Crippen LogP contribution in [0.15, 0.2) is 29.2 Å². The number of sulfonamides is 1. The Balaban J connectivity index is 1.37. The maximum atomic E-state index is 12.6. The fourth-order valence-electron chi connectivity index (χ4n) is 6.04. The van der Waals surface area contributed by atoms with Crippen molar-refractivity contribution in [3.05, 3.63) is 29.8 Å². The van der Waals surface area contributed by atoms with Gasteiger partial charge in [0.05, 0.1) is 4.90 Å². The zero-order chi connectivity index (χ0) is 18.3. The number of nitrogens with one attached hydrogen (secondary N) is 1. The van der Waals surface area contributed by atoms with E-state index >= 15 is 0 Å². The molecular formula is C21H32N2O2S. The standard InChI is InChI=1S/C21H32N2O2S/c1-3-23(4-2)26(24,25)17-10-8-15(9-11-17)14-22-21-13-16-12-20(21)19-7-5-6-18(16)19/h8-11,16,18-22H,3-7,12-14H2,1-2H3/t16-,18+,19+,20+,21-/m1/s1. The van der Waals surface area contributed by atoms with Gasteiger partial charge in [-0.2, -0.15) is 4.31 Å². The summed E-state index contributed by atoms with van der Waals surface area (Å²) in [5.74, 6) is 3.86. The molecule has 144 valence electrons. The smallest absolute Gasteiger partial charge is 0.243 e. The lowest BCUT2D eigenvalue weighted by Crippen LogP contribution is -2.38. The summed E-state index contributed by atoms with van der Waals surface area (Å²) in [7, 11) is -3.35. The van der Waals surface area contributed by atoms with Gasteiger partial charge in [-0.3, -0.25) is 0 Å². The van der Waals surface area contributed by atoms with Gasteiger partial charge in [-0.05, 0) is 67.1 Å². The Morgan fingerprint density at radius 2 is 1.69 bits per heavy atom. The van der Waals surface area contributed by atoms with Gasteiger partial charge in [-0.25, -0.2) is 8.42 Å². The van der Waals surface area contributed by atoms with Crippen molar-refractivity contribution >= 4 is 10.0 Å². The van der Waals surface area contributed by atoms with E-state index in [1.54, 1.807) is 12.1 Å². The van der Waals surface area contributed by atoms with E-state index in [0.717, 1.165) is 30.2 Å². The SMILES string of the molecule is CCN(CC)S(=O)(=O)c1ccc(CN[C@@H]2C[C@H]3C[C@H]2[C@H]2CCC[C@@H]32)cc1. The first-order valence-corrected chi connectivity index (χ1v) is 11.8. The van der Waals surface area contributed by atoms with E-state index in [0.29, 0.717) is 24.0 Å². The second-order valence-electron chi connectivity index (χ2n) is 8.37. The number of rotatable bonds is 7. The van der Waals surface area contributed by atoms with E-state index in [4.69, 9.17) is 0 Å². The molecule has 4 nitrogen and oxygen atoms in total. The number of nitrogens with zero attached hydrogens (tertiary/aromatic N) is 1. The minimum absolute atomic E-state index is 0.402. The number of benzene rings is 1. The third-order valence-corrected chi connectivity index (χ3v) is 9.33. The van der Waals surface area contributed by atoms with Crippen LogP contribution >= 0.6 is 0 Å². The number of fused-ring (bicyclic) bond motifs is 5. The average Bonchev–Trinajstić information content (AvgIpc) is 3.34. The summed E-state index contributed by atoms with van der Waals surface area (Å²) < 4.78 is 26.7. The molecule has 0 unspecified atom stereocenters. The molecule has 0 aromatic heterocycles. The summed E-state index contributed by atoms with van der Waals surface area (Å²) in [6.45, 7) is 5.62. The third kappa shape index (κ3) is 3.12. The van der Waals surface area contributed by atoms with Crippen LogP contribution in [-0.2, 0) is 16.6 Å². The van der Waals surface area contributed by atoms with Crippen LogP contribution in [0.1, 0.15) is 51.5 Å². The Bertz CT molecular complexity index is 727. The molecule has 1 aromatic carbocycles. The lowest BCUT2D eigenvalue weighted by molar-refractivity contribution is 0.208. The minimum atomic E-state index is -3.35. The molecule has 5 heteroatoms. The van der Waals surface area contributed by atoms with Crippen molar-refractivity contribution in [3.8, 4) is 0 Å². The van der Waals surface area contributed by atoms with Gasteiger partial charge in [-0.15, -0.1) is 0 Å². The summed E-state index contributed by atoms with van der Waals surface area (Å²) in [6, 6.07) is 8.12. The highest BCUT2D eigenvalue weighted by Crippen LogP contribution is 2.58. The molecule has 3 fully saturated rings. The highest BCUT2D eigenvalue weighted by molar-refractivity contribution is 7.89. The Morgan fingerprint density at radius 3 is 2.38 bits per heavy atom. The van der Waals surface area contributed by atoms with Gasteiger partial charge in [0.25, 0.3) is 0 Å². The molecule has 1 aromatic rings. The zero-order valence-corrected chi connectivity index (χ0v) is 16.8. The van der Waals surface area contributed by atoms with E-state index in [9.17, 15) is 8.42 Å². The fourth-order valence-corrected chi connectivity index (χ4v) is 7.50. The maximum Gasteiger partial charge on any atom is 0.243 e. The van der Waals surface area contributed by atoms with Crippen molar-refractivity contribution in [2.45, 2.75) is 63.4 Å². The van der Waals surface area contributed by atoms with Crippen LogP contribution < -0.4 is 5.32 Å². The van der Waals surface area contributed by atoms with Crippen LogP contribution in [0.25, 0.3) is 0 Å². The van der Waals surface area contributed by atoms with Crippen LogP contribution in [0.4, 0.5) is 0 Å². The first kappa shape index (κ1) is 18.5. The molecule has 5 atom stereocenters. The van der Waals surface area contributed by atoms with Crippen molar-refractivity contribution in [1.29, 1.82) is 0 Å². The largest absolute Gasteiger partial charge is 0.310 e. The summed E-state index contributed by atoms with van der Waals surface area (Å²) in [6.07, 6.45) is 7.15. The van der Waals surface area contributed by atoms with Crippen molar-refractivity contribution in [1.82, 2.24) is 9.62 Å². The second kappa shape index (κ2) is 7.25. The lowest BCUT2D eigenvalue weighted by Gasteiger charge is -2.32.